The summed E-state index contributed by atoms with van der Waals surface area (Å²) in [5, 5.41) is 4.77. The molecule has 0 aliphatic rings. The second-order valence-electron chi connectivity index (χ2n) is 4.70. The van der Waals surface area contributed by atoms with E-state index in [1.807, 2.05) is 44.2 Å². The van der Waals surface area contributed by atoms with E-state index in [0.29, 0.717) is 18.1 Å². The maximum Gasteiger partial charge on any atom is 0.261 e. The summed E-state index contributed by atoms with van der Waals surface area (Å²) in [6.07, 6.45) is 0.659. The van der Waals surface area contributed by atoms with Crippen LogP contribution in [-0.2, 0) is 6.42 Å². The molecular formula is C15H15N3OS. The monoisotopic (exact) mass is 285 g/mol. The molecule has 20 heavy (non-hydrogen) atoms. The van der Waals surface area contributed by atoms with E-state index < -0.39 is 0 Å². The van der Waals surface area contributed by atoms with Gasteiger partial charge in [-0.05, 0) is 25.0 Å². The van der Waals surface area contributed by atoms with Crippen molar-refractivity contribution in [3.05, 3.63) is 52.2 Å². The van der Waals surface area contributed by atoms with Gasteiger partial charge in [0.2, 0.25) is 0 Å². The van der Waals surface area contributed by atoms with Crippen LogP contribution in [0.25, 0.3) is 11.5 Å². The van der Waals surface area contributed by atoms with Crippen molar-refractivity contribution in [1.29, 1.82) is 0 Å². The van der Waals surface area contributed by atoms with Crippen LogP contribution < -0.4 is 5.73 Å². The first-order chi connectivity index (χ1) is 9.65. The number of thiophene rings is 1. The molecule has 0 fully saturated rings. The summed E-state index contributed by atoms with van der Waals surface area (Å²) in [6, 6.07) is 10.1. The average Bonchev–Trinajstić information content (AvgIpc) is 2.97. The lowest BCUT2D eigenvalue weighted by Gasteiger charge is -1.95. The van der Waals surface area contributed by atoms with Gasteiger partial charge in [0.15, 0.2) is 5.82 Å². The van der Waals surface area contributed by atoms with Gasteiger partial charge in [-0.15, -0.1) is 11.3 Å². The van der Waals surface area contributed by atoms with Gasteiger partial charge >= 0.3 is 0 Å². The molecule has 5 heteroatoms. The maximum absolute atomic E-state index is 6.03. The van der Waals surface area contributed by atoms with Crippen LogP contribution in [0.2, 0.25) is 0 Å². The first-order valence-corrected chi connectivity index (χ1v) is 7.19. The summed E-state index contributed by atoms with van der Waals surface area (Å²) < 4.78 is 5.36. The van der Waals surface area contributed by atoms with Crippen molar-refractivity contribution < 1.29 is 4.52 Å². The molecule has 3 aromatic rings. The van der Waals surface area contributed by atoms with Crippen molar-refractivity contribution in [3.63, 3.8) is 0 Å². The molecule has 4 nitrogen and oxygen atoms in total. The zero-order valence-corrected chi connectivity index (χ0v) is 12.2. The van der Waals surface area contributed by atoms with Gasteiger partial charge in [0.25, 0.3) is 5.89 Å². The fraction of sp³-hybridized carbons (Fsp3) is 0.200. The molecule has 0 amide bonds. The summed E-state index contributed by atoms with van der Waals surface area (Å²) in [5.74, 6) is 1.18. The highest BCUT2D eigenvalue weighted by molar-refractivity contribution is 7.16. The van der Waals surface area contributed by atoms with Crippen molar-refractivity contribution in [3.8, 4) is 11.5 Å². The first kappa shape index (κ1) is 12.9. The highest BCUT2D eigenvalue weighted by Gasteiger charge is 2.18. The number of nitrogen functional groups attached to an aromatic ring is 1. The van der Waals surface area contributed by atoms with E-state index in [-0.39, 0.29) is 0 Å². The van der Waals surface area contributed by atoms with Crippen LogP contribution in [0.4, 0.5) is 5.00 Å². The molecule has 2 N–H and O–H groups in total. The Morgan fingerprint density at radius 2 is 1.95 bits per heavy atom. The van der Waals surface area contributed by atoms with Gasteiger partial charge in [-0.2, -0.15) is 4.98 Å². The van der Waals surface area contributed by atoms with Gasteiger partial charge in [-0.1, -0.05) is 35.5 Å². The normalized spacial score (nSPS) is 10.9. The molecule has 0 aliphatic carbocycles. The minimum Gasteiger partial charge on any atom is -0.390 e. The number of nitrogens with zero attached hydrogens (tertiary/aromatic N) is 2. The molecule has 1 aromatic carbocycles. The Morgan fingerprint density at radius 1 is 1.20 bits per heavy atom. The zero-order chi connectivity index (χ0) is 14.1. The van der Waals surface area contributed by atoms with E-state index in [4.69, 9.17) is 10.3 Å². The SMILES string of the molecule is Cc1sc(N)c(-c2nc(Cc3ccccc3)no2)c1C. The average molecular weight is 285 g/mol. The Balaban J connectivity index is 1.91. The van der Waals surface area contributed by atoms with Crippen molar-refractivity contribution in [2.45, 2.75) is 20.3 Å². The van der Waals surface area contributed by atoms with Crippen LogP contribution in [0.1, 0.15) is 21.8 Å². The minimum atomic E-state index is 0.510. The molecule has 0 bridgehead atoms. The van der Waals surface area contributed by atoms with E-state index in [0.717, 1.165) is 21.7 Å². The largest absolute Gasteiger partial charge is 0.390 e. The van der Waals surface area contributed by atoms with Gasteiger partial charge in [-0.25, -0.2) is 0 Å². The van der Waals surface area contributed by atoms with E-state index in [1.165, 1.54) is 4.88 Å². The third-order valence-corrected chi connectivity index (χ3v) is 4.34. The van der Waals surface area contributed by atoms with E-state index in [2.05, 4.69) is 10.1 Å². The third-order valence-electron chi connectivity index (χ3n) is 3.30. The molecule has 2 heterocycles. The summed E-state index contributed by atoms with van der Waals surface area (Å²) in [4.78, 5) is 5.64. The van der Waals surface area contributed by atoms with Crippen LogP contribution >= 0.6 is 11.3 Å². The van der Waals surface area contributed by atoms with Gasteiger partial charge in [0.05, 0.1) is 10.6 Å². The Labute approximate surface area is 121 Å². The number of hydrogen-bond acceptors (Lipinski definition) is 5. The highest BCUT2D eigenvalue weighted by Crippen LogP contribution is 2.37. The Kier molecular flexibility index (Phi) is 3.28. The molecular weight excluding hydrogens is 270 g/mol. The van der Waals surface area contributed by atoms with Crippen LogP contribution in [0.3, 0.4) is 0 Å². The molecule has 0 aliphatic heterocycles. The molecule has 0 saturated heterocycles. The quantitative estimate of drug-likeness (QED) is 0.798. The highest BCUT2D eigenvalue weighted by atomic mass is 32.1. The maximum atomic E-state index is 6.03. The predicted octanol–water partition coefficient (Wildman–Crippen LogP) is 3.59. The number of aromatic nitrogens is 2. The number of anilines is 1. The summed E-state index contributed by atoms with van der Waals surface area (Å²) in [5.41, 5.74) is 9.17. The summed E-state index contributed by atoms with van der Waals surface area (Å²) in [7, 11) is 0. The molecule has 0 radical (unpaired) electrons. The standard InChI is InChI=1S/C15H15N3OS/c1-9-10(2)20-14(16)13(9)15-17-12(18-19-15)8-11-6-4-3-5-7-11/h3-7H,8,16H2,1-2H3. The van der Waals surface area contributed by atoms with Crippen molar-refractivity contribution in [2.75, 3.05) is 5.73 Å². The molecule has 0 atom stereocenters. The number of aryl methyl sites for hydroxylation is 1. The third kappa shape index (κ3) is 2.32. The second kappa shape index (κ2) is 5.09. The Hall–Kier alpha value is -2.14. The molecule has 3 rings (SSSR count). The van der Waals surface area contributed by atoms with E-state index >= 15 is 0 Å². The lowest BCUT2D eigenvalue weighted by atomic mass is 10.1. The molecule has 0 unspecified atom stereocenters. The first-order valence-electron chi connectivity index (χ1n) is 6.37. The minimum absolute atomic E-state index is 0.510. The molecule has 0 saturated carbocycles. The van der Waals surface area contributed by atoms with Gasteiger partial charge in [0.1, 0.15) is 0 Å². The topological polar surface area (TPSA) is 64.9 Å². The lowest BCUT2D eigenvalue weighted by Crippen LogP contribution is -1.91. The molecule has 102 valence electrons. The number of hydrogen-bond donors (Lipinski definition) is 1. The fourth-order valence-corrected chi connectivity index (χ4v) is 3.05. The molecule has 0 spiro atoms. The Morgan fingerprint density at radius 3 is 2.60 bits per heavy atom. The van der Waals surface area contributed by atoms with E-state index in [1.54, 1.807) is 11.3 Å². The summed E-state index contributed by atoms with van der Waals surface area (Å²) in [6.45, 7) is 4.07. The number of rotatable bonds is 3. The molecule has 2 aromatic heterocycles. The van der Waals surface area contributed by atoms with Gasteiger partial charge in [0, 0.05) is 11.3 Å². The lowest BCUT2D eigenvalue weighted by molar-refractivity contribution is 0.424. The van der Waals surface area contributed by atoms with Crippen molar-refractivity contribution >= 4 is 16.3 Å². The number of benzene rings is 1. The van der Waals surface area contributed by atoms with Crippen LogP contribution in [-0.4, -0.2) is 10.1 Å². The summed E-state index contributed by atoms with van der Waals surface area (Å²) >= 11 is 1.55. The van der Waals surface area contributed by atoms with Crippen molar-refractivity contribution in [2.24, 2.45) is 0 Å². The van der Waals surface area contributed by atoms with Crippen LogP contribution in [0, 0.1) is 13.8 Å². The van der Waals surface area contributed by atoms with Gasteiger partial charge in [-0.3, -0.25) is 0 Å². The number of nitrogens with two attached hydrogens (primary N) is 1. The smallest absolute Gasteiger partial charge is 0.261 e. The van der Waals surface area contributed by atoms with Crippen LogP contribution in [0.15, 0.2) is 34.9 Å². The van der Waals surface area contributed by atoms with Crippen molar-refractivity contribution in [1.82, 2.24) is 10.1 Å². The zero-order valence-electron chi connectivity index (χ0n) is 11.4. The Bertz CT molecular complexity index is 731. The predicted molar refractivity (Wildman–Crippen MR) is 80.7 cm³/mol. The fourth-order valence-electron chi connectivity index (χ4n) is 2.12. The van der Waals surface area contributed by atoms with Crippen LogP contribution in [0.5, 0.6) is 0 Å². The van der Waals surface area contributed by atoms with Gasteiger partial charge < -0.3 is 10.3 Å². The second-order valence-corrected chi connectivity index (χ2v) is 5.96. The van der Waals surface area contributed by atoms with E-state index in [9.17, 15) is 0 Å².